The van der Waals surface area contributed by atoms with Gasteiger partial charge in [0.05, 0.1) is 11.9 Å². The monoisotopic (exact) mass is 411 g/mol. The van der Waals surface area contributed by atoms with E-state index in [1.54, 1.807) is 18.3 Å². The Hall–Kier alpha value is -2.93. The molecular formula is C19H18BrN5O. The molecule has 132 valence electrons. The molecule has 0 aliphatic rings. The van der Waals surface area contributed by atoms with Crippen LogP contribution in [-0.4, -0.2) is 30.2 Å². The Morgan fingerprint density at radius 1 is 1.00 bits per heavy atom. The van der Waals surface area contributed by atoms with Crippen LogP contribution in [0.2, 0.25) is 0 Å². The number of hydrogen-bond acceptors (Lipinski definition) is 5. The van der Waals surface area contributed by atoms with Gasteiger partial charge in [-0.25, -0.2) is 0 Å². The van der Waals surface area contributed by atoms with Gasteiger partial charge in [-0.2, -0.15) is 5.10 Å². The number of anilines is 4. The van der Waals surface area contributed by atoms with Gasteiger partial charge in [0, 0.05) is 41.6 Å². The zero-order valence-electron chi connectivity index (χ0n) is 14.4. The summed E-state index contributed by atoms with van der Waals surface area (Å²) in [6.07, 6.45) is 1.70. The summed E-state index contributed by atoms with van der Waals surface area (Å²) in [6, 6.07) is 16.6. The third kappa shape index (κ3) is 4.58. The molecule has 1 aromatic heterocycles. The molecule has 2 aromatic carbocycles. The molecule has 26 heavy (non-hydrogen) atoms. The standard InChI is InChI=1S/C19H18BrN5O/c1-25(2)17-11-18(24-21-12-17)22-15-7-9-16(10-8-15)23-19(26)13-3-5-14(20)6-4-13/h3-12H,1-2H3,(H,22,24)(H,23,26). The van der Waals surface area contributed by atoms with E-state index >= 15 is 0 Å². The summed E-state index contributed by atoms with van der Waals surface area (Å²) in [5.41, 5.74) is 3.14. The highest BCUT2D eigenvalue weighted by Gasteiger charge is 2.06. The van der Waals surface area contributed by atoms with Gasteiger partial charge >= 0.3 is 0 Å². The first kappa shape index (κ1) is 17.9. The first-order valence-electron chi connectivity index (χ1n) is 7.95. The van der Waals surface area contributed by atoms with Gasteiger partial charge in [-0.3, -0.25) is 4.79 Å². The zero-order valence-corrected chi connectivity index (χ0v) is 16.0. The van der Waals surface area contributed by atoms with E-state index < -0.39 is 0 Å². The Balaban J connectivity index is 1.66. The summed E-state index contributed by atoms with van der Waals surface area (Å²) in [4.78, 5) is 14.2. The Morgan fingerprint density at radius 2 is 1.65 bits per heavy atom. The summed E-state index contributed by atoms with van der Waals surface area (Å²) in [7, 11) is 3.90. The van der Waals surface area contributed by atoms with Gasteiger partial charge in [-0.1, -0.05) is 15.9 Å². The smallest absolute Gasteiger partial charge is 0.255 e. The largest absolute Gasteiger partial charge is 0.376 e. The number of amides is 1. The summed E-state index contributed by atoms with van der Waals surface area (Å²) in [5.74, 6) is 0.505. The molecule has 7 heteroatoms. The van der Waals surface area contributed by atoms with Crippen LogP contribution in [-0.2, 0) is 0 Å². The van der Waals surface area contributed by atoms with Crippen molar-refractivity contribution in [3.63, 3.8) is 0 Å². The Bertz CT molecular complexity index is 895. The normalized spacial score (nSPS) is 10.3. The van der Waals surface area contributed by atoms with Crippen molar-refractivity contribution < 1.29 is 4.79 Å². The van der Waals surface area contributed by atoms with Gasteiger partial charge in [-0.15, -0.1) is 5.10 Å². The molecule has 0 spiro atoms. The number of benzene rings is 2. The highest BCUT2D eigenvalue weighted by Crippen LogP contribution is 2.20. The van der Waals surface area contributed by atoms with Crippen LogP contribution >= 0.6 is 15.9 Å². The number of halogens is 1. The average molecular weight is 412 g/mol. The number of aromatic nitrogens is 2. The van der Waals surface area contributed by atoms with Crippen molar-refractivity contribution in [1.82, 2.24) is 10.2 Å². The second-order valence-electron chi connectivity index (χ2n) is 5.86. The van der Waals surface area contributed by atoms with E-state index in [1.165, 1.54) is 0 Å². The number of hydrogen-bond donors (Lipinski definition) is 2. The Labute approximate surface area is 160 Å². The lowest BCUT2D eigenvalue weighted by Gasteiger charge is -2.13. The minimum atomic E-state index is -0.150. The topological polar surface area (TPSA) is 70.2 Å². The first-order chi connectivity index (χ1) is 12.5. The summed E-state index contributed by atoms with van der Waals surface area (Å²) >= 11 is 3.36. The average Bonchev–Trinajstić information content (AvgIpc) is 2.64. The van der Waals surface area contributed by atoms with Gasteiger partial charge in [0.25, 0.3) is 5.91 Å². The molecular weight excluding hydrogens is 394 g/mol. The summed E-state index contributed by atoms with van der Waals surface area (Å²) in [5, 5.41) is 14.1. The maximum Gasteiger partial charge on any atom is 0.255 e. The molecule has 0 atom stereocenters. The molecule has 0 aliphatic heterocycles. The van der Waals surface area contributed by atoms with E-state index in [0.717, 1.165) is 21.5 Å². The van der Waals surface area contributed by atoms with Crippen molar-refractivity contribution in [1.29, 1.82) is 0 Å². The van der Waals surface area contributed by atoms with Crippen molar-refractivity contribution in [2.24, 2.45) is 0 Å². The van der Waals surface area contributed by atoms with E-state index in [-0.39, 0.29) is 5.91 Å². The maximum absolute atomic E-state index is 12.2. The molecule has 3 aromatic rings. The molecule has 0 bridgehead atoms. The first-order valence-corrected chi connectivity index (χ1v) is 8.74. The summed E-state index contributed by atoms with van der Waals surface area (Å²) in [6.45, 7) is 0. The molecule has 0 fully saturated rings. The molecule has 6 nitrogen and oxygen atoms in total. The van der Waals surface area contributed by atoms with E-state index in [1.807, 2.05) is 61.5 Å². The molecule has 3 rings (SSSR count). The summed E-state index contributed by atoms with van der Waals surface area (Å²) < 4.78 is 0.936. The van der Waals surface area contributed by atoms with Crippen molar-refractivity contribution in [3.05, 3.63) is 70.8 Å². The van der Waals surface area contributed by atoms with Crippen molar-refractivity contribution in [3.8, 4) is 0 Å². The predicted octanol–water partition coefficient (Wildman–Crippen LogP) is 4.30. The number of nitrogens with one attached hydrogen (secondary N) is 2. The molecule has 0 unspecified atom stereocenters. The highest BCUT2D eigenvalue weighted by atomic mass is 79.9. The fourth-order valence-electron chi connectivity index (χ4n) is 2.25. The zero-order chi connectivity index (χ0) is 18.5. The number of carbonyl (C=O) groups excluding carboxylic acids is 1. The fourth-order valence-corrected chi connectivity index (χ4v) is 2.52. The van der Waals surface area contributed by atoms with Gasteiger partial charge in [0.1, 0.15) is 0 Å². The number of nitrogens with zero attached hydrogens (tertiary/aromatic N) is 3. The molecule has 0 saturated heterocycles. The minimum absolute atomic E-state index is 0.150. The fraction of sp³-hybridized carbons (Fsp3) is 0.105. The Morgan fingerprint density at radius 3 is 2.31 bits per heavy atom. The number of rotatable bonds is 5. The van der Waals surface area contributed by atoms with Crippen LogP contribution in [0.5, 0.6) is 0 Å². The predicted molar refractivity (Wildman–Crippen MR) is 108 cm³/mol. The SMILES string of the molecule is CN(C)c1cnnc(Nc2ccc(NC(=O)c3ccc(Br)cc3)cc2)c1. The van der Waals surface area contributed by atoms with Crippen LogP contribution in [0.1, 0.15) is 10.4 Å². The Kier molecular flexibility index (Phi) is 5.48. The minimum Gasteiger partial charge on any atom is -0.376 e. The van der Waals surface area contributed by atoms with Crippen molar-refractivity contribution in [2.75, 3.05) is 29.6 Å². The lowest BCUT2D eigenvalue weighted by molar-refractivity contribution is 0.102. The van der Waals surface area contributed by atoms with E-state index in [0.29, 0.717) is 11.4 Å². The van der Waals surface area contributed by atoms with Crippen LogP contribution in [0.15, 0.2) is 65.3 Å². The van der Waals surface area contributed by atoms with E-state index in [9.17, 15) is 4.79 Å². The van der Waals surface area contributed by atoms with E-state index in [2.05, 4.69) is 36.8 Å². The third-order valence-corrected chi connectivity index (χ3v) is 4.21. The van der Waals surface area contributed by atoms with Crippen LogP contribution in [0.25, 0.3) is 0 Å². The van der Waals surface area contributed by atoms with Gasteiger partial charge in [0.15, 0.2) is 5.82 Å². The lowest BCUT2D eigenvalue weighted by atomic mass is 10.2. The number of carbonyl (C=O) groups is 1. The maximum atomic E-state index is 12.2. The van der Waals surface area contributed by atoms with Crippen LogP contribution in [0, 0.1) is 0 Å². The van der Waals surface area contributed by atoms with Crippen LogP contribution < -0.4 is 15.5 Å². The second-order valence-corrected chi connectivity index (χ2v) is 6.77. The molecule has 0 aliphatic carbocycles. The van der Waals surface area contributed by atoms with Crippen molar-refractivity contribution in [2.45, 2.75) is 0 Å². The van der Waals surface area contributed by atoms with Gasteiger partial charge < -0.3 is 15.5 Å². The van der Waals surface area contributed by atoms with E-state index in [4.69, 9.17) is 0 Å². The van der Waals surface area contributed by atoms with Crippen LogP contribution in [0.4, 0.5) is 22.9 Å². The molecule has 2 N–H and O–H groups in total. The third-order valence-electron chi connectivity index (χ3n) is 3.68. The van der Waals surface area contributed by atoms with Gasteiger partial charge in [-0.05, 0) is 48.5 Å². The highest BCUT2D eigenvalue weighted by molar-refractivity contribution is 9.10. The molecule has 1 heterocycles. The molecule has 0 saturated carbocycles. The van der Waals surface area contributed by atoms with Gasteiger partial charge in [0.2, 0.25) is 0 Å². The molecule has 0 radical (unpaired) electrons. The van der Waals surface area contributed by atoms with Crippen molar-refractivity contribution >= 4 is 44.7 Å². The molecule has 1 amide bonds. The van der Waals surface area contributed by atoms with Crippen LogP contribution in [0.3, 0.4) is 0 Å². The second kappa shape index (κ2) is 7.97. The lowest BCUT2D eigenvalue weighted by Crippen LogP contribution is -2.11. The quantitative estimate of drug-likeness (QED) is 0.654.